The molecular formula is C19H30BrN. The molecule has 3 atom stereocenters. The summed E-state index contributed by atoms with van der Waals surface area (Å²) in [6.07, 6.45) is 5.37. The van der Waals surface area contributed by atoms with Crippen molar-refractivity contribution in [3.8, 4) is 0 Å². The lowest BCUT2D eigenvalue weighted by Gasteiger charge is -2.37. The summed E-state index contributed by atoms with van der Waals surface area (Å²) in [4.78, 5) is 0. The minimum absolute atomic E-state index is 0.226. The molecule has 1 aliphatic rings. The monoisotopic (exact) mass is 351 g/mol. The van der Waals surface area contributed by atoms with E-state index in [1.807, 2.05) is 0 Å². The lowest BCUT2D eigenvalue weighted by atomic mass is 9.72. The van der Waals surface area contributed by atoms with Crippen LogP contribution in [0.5, 0.6) is 0 Å². The normalized spacial score (nSPS) is 26.8. The summed E-state index contributed by atoms with van der Waals surface area (Å²) in [5, 5.41) is 3.72. The molecule has 1 nitrogen and oxygen atoms in total. The van der Waals surface area contributed by atoms with Crippen molar-refractivity contribution in [2.75, 3.05) is 6.54 Å². The van der Waals surface area contributed by atoms with Crippen LogP contribution in [0, 0.1) is 17.8 Å². The van der Waals surface area contributed by atoms with Crippen LogP contribution in [0.25, 0.3) is 0 Å². The van der Waals surface area contributed by atoms with E-state index in [2.05, 4.69) is 73.2 Å². The van der Waals surface area contributed by atoms with Gasteiger partial charge in [0.25, 0.3) is 0 Å². The van der Waals surface area contributed by atoms with Crippen LogP contribution < -0.4 is 5.32 Å². The zero-order valence-corrected chi connectivity index (χ0v) is 15.5. The van der Waals surface area contributed by atoms with Gasteiger partial charge in [-0.3, -0.25) is 0 Å². The molecule has 1 aromatic rings. The van der Waals surface area contributed by atoms with Crippen LogP contribution in [0.4, 0.5) is 0 Å². The molecule has 0 saturated heterocycles. The van der Waals surface area contributed by atoms with Crippen LogP contribution in [0.1, 0.15) is 52.5 Å². The van der Waals surface area contributed by atoms with Crippen LogP contribution >= 0.6 is 15.9 Å². The van der Waals surface area contributed by atoms with Crippen LogP contribution in [0.2, 0.25) is 0 Å². The molecule has 118 valence electrons. The highest BCUT2D eigenvalue weighted by Crippen LogP contribution is 2.36. The lowest BCUT2D eigenvalue weighted by Crippen LogP contribution is -2.42. The van der Waals surface area contributed by atoms with Crippen LogP contribution in [0.15, 0.2) is 28.7 Å². The van der Waals surface area contributed by atoms with Crippen LogP contribution in [-0.4, -0.2) is 12.1 Å². The van der Waals surface area contributed by atoms with Crippen molar-refractivity contribution in [1.29, 1.82) is 0 Å². The second-order valence-corrected chi connectivity index (χ2v) is 8.82. The molecule has 0 amide bonds. The molecule has 1 saturated carbocycles. The Hall–Kier alpha value is -0.340. The molecule has 1 aliphatic carbocycles. The van der Waals surface area contributed by atoms with Gasteiger partial charge in [0.05, 0.1) is 0 Å². The zero-order valence-electron chi connectivity index (χ0n) is 14.0. The molecule has 21 heavy (non-hydrogen) atoms. The molecule has 3 unspecified atom stereocenters. The molecule has 0 bridgehead atoms. The van der Waals surface area contributed by atoms with Gasteiger partial charge in [-0.2, -0.15) is 0 Å². The van der Waals surface area contributed by atoms with Gasteiger partial charge in [-0.25, -0.2) is 0 Å². The minimum Gasteiger partial charge on any atom is -0.312 e. The minimum atomic E-state index is 0.226. The lowest BCUT2D eigenvalue weighted by molar-refractivity contribution is 0.174. The topological polar surface area (TPSA) is 12.0 Å². The van der Waals surface area contributed by atoms with Gasteiger partial charge in [0, 0.05) is 10.0 Å². The fourth-order valence-electron chi connectivity index (χ4n) is 3.48. The summed E-state index contributed by atoms with van der Waals surface area (Å²) >= 11 is 3.60. The fraction of sp³-hybridized carbons (Fsp3) is 0.684. The van der Waals surface area contributed by atoms with Crippen molar-refractivity contribution >= 4 is 15.9 Å². The van der Waals surface area contributed by atoms with Crippen LogP contribution in [0.3, 0.4) is 0 Å². The summed E-state index contributed by atoms with van der Waals surface area (Å²) in [5.41, 5.74) is 1.70. The Morgan fingerprint density at radius 2 is 1.95 bits per heavy atom. The van der Waals surface area contributed by atoms with Gasteiger partial charge < -0.3 is 5.32 Å². The third-order valence-corrected chi connectivity index (χ3v) is 5.18. The third-order valence-electron chi connectivity index (χ3n) is 4.68. The SMILES string of the molecule is CC1CCC(CNC(C)(C)C)C(Cc2cccc(Br)c2)C1. The highest BCUT2D eigenvalue weighted by Gasteiger charge is 2.29. The Bertz CT molecular complexity index is 449. The average Bonchev–Trinajstić information content (AvgIpc) is 2.36. The highest BCUT2D eigenvalue weighted by atomic mass is 79.9. The Labute approximate surface area is 139 Å². The van der Waals surface area contributed by atoms with E-state index in [0.29, 0.717) is 0 Å². The van der Waals surface area contributed by atoms with Gasteiger partial charge in [-0.15, -0.1) is 0 Å². The number of benzene rings is 1. The van der Waals surface area contributed by atoms with Crippen molar-refractivity contribution in [2.45, 2.75) is 58.9 Å². The van der Waals surface area contributed by atoms with E-state index in [1.165, 1.54) is 35.7 Å². The van der Waals surface area contributed by atoms with Gasteiger partial charge in [0.2, 0.25) is 0 Å². The molecule has 1 fully saturated rings. The van der Waals surface area contributed by atoms with E-state index >= 15 is 0 Å². The Morgan fingerprint density at radius 3 is 2.62 bits per heavy atom. The van der Waals surface area contributed by atoms with Gasteiger partial charge >= 0.3 is 0 Å². The number of halogens is 1. The largest absolute Gasteiger partial charge is 0.312 e. The van der Waals surface area contributed by atoms with Gasteiger partial charge in [0.15, 0.2) is 0 Å². The first-order chi connectivity index (χ1) is 9.83. The maximum Gasteiger partial charge on any atom is 0.0177 e. The molecule has 0 aliphatic heterocycles. The van der Waals surface area contributed by atoms with Gasteiger partial charge in [-0.1, -0.05) is 41.4 Å². The van der Waals surface area contributed by atoms with Crippen LogP contribution in [-0.2, 0) is 6.42 Å². The second kappa shape index (κ2) is 7.28. The van der Waals surface area contributed by atoms with Crippen molar-refractivity contribution in [3.05, 3.63) is 34.3 Å². The summed E-state index contributed by atoms with van der Waals surface area (Å²) in [6, 6.07) is 8.84. The molecular weight excluding hydrogens is 322 g/mol. The molecule has 0 radical (unpaired) electrons. The Kier molecular flexibility index (Phi) is 5.90. The molecule has 0 aromatic heterocycles. The van der Waals surface area contributed by atoms with E-state index in [-0.39, 0.29) is 5.54 Å². The quantitative estimate of drug-likeness (QED) is 0.762. The number of rotatable bonds is 4. The number of hydrogen-bond donors (Lipinski definition) is 1. The molecule has 0 heterocycles. The smallest absolute Gasteiger partial charge is 0.0177 e. The summed E-state index contributed by atoms with van der Waals surface area (Å²) in [6.45, 7) is 10.4. The Balaban J connectivity index is 2.01. The Morgan fingerprint density at radius 1 is 1.19 bits per heavy atom. The maximum atomic E-state index is 3.72. The van der Waals surface area contributed by atoms with Gasteiger partial charge in [-0.05, 0) is 82.0 Å². The van der Waals surface area contributed by atoms with E-state index in [1.54, 1.807) is 0 Å². The average molecular weight is 352 g/mol. The number of hydrogen-bond acceptors (Lipinski definition) is 1. The standard InChI is InChI=1S/C19H30BrN/c1-14-8-9-16(13-21-19(2,3)4)17(10-14)11-15-6-5-7-18(20)12-15/h5-7,12,14,16-17,21H,8-11,13H2,1-4H3. The maximum absolute atomic E-state index is 3.72. The van der Waals surface area contributed by atoms with E-state index in [9.17, 15) is 0 Å². The first-order valence-corrected chi connectivity index (χ1v) is 9.12. The fourth-order valence-corrected chi connectivity index (χ4v) is 3.93. The first-order valence-electron chi connectivity index (χ1n) is 8.33. The van der Waals surface area contributed by atoms with E-state index in [0.717, 1.165) is 24.3 Å². The summed E-state index contributed by atoms with van der Waals surface area (Å²) in [5.74, 6) is 2.52. The predicted molar refractivity (Wildman–Crippen MR) is 95.6 cm³/mol. The third kappa shape index (κ3) is 5.75. The molecule has 1 N–H and O–H groups in total. The van der Waals surface area contributed by atoms with Crippen molar-refractivity contribution in [1.82, 2.24) is 5.32 Å². The summed E-state index contributed by atoms with van der Waals surface area (Å²) < 4.78 is 1.20. The van der Waals surface area contributed by atoms with E-state index in [4.69, 9.17) is 0 Å². The molecule has 2 heteroatoms. The summed E-state index contributed by atoms with van der Waals surface area (Å²) in [7, 11) is 0. The van der Waals surface area contributed by atoms with Gasteiger partial charge in [0.1, 0.15) is 0 Å². The highest BCUT2D eigenvalue weighted by molar-refractivity contribution is 9.10. The number of nitrogens with one attached hydrogen (secondary N) is 1. The second-order valence-electron chi connectivity index (χ2n) is 7.90. The first kappa shape index (κ1) is 17.0. The molecule has 2 rings (SSSR count). The van der Waals surface area contributed by atoms with Crippen molar-refractivity contribution in [2.24, 2.45) is 17.8 Å². The van der Waals surface area contributed by atoms with Crippen molar-refractivity contribution < 1.29 is 0 Å². The van der Waals surface area contributed by atoms with E-state index < -0.39 is 0 Å². The zero-order chi connectivity index (χ0) is 15.5. The van der Waals surface area contributed by atoms with Crippen molar-refractivity contribution in [3.63, 3.8) is 0 Å². The molecule has 1 aromatic carbocycles. The molecule has 0 spiro atoms. The predicted octanol–water partition coefficient (Wildman–Crippen LogP) is 5.43.